The number of hydrogen-bond donors (Lipinski definition) is 4. The van der Waals surface area contributed by atoms with Gasteiger partial charge in [-0.1, -0.05) is 13.2 Å². The smallest absolute Gasteiger partial charge is 0.246 e. The monoisotopic (exact) mass is 286 g/mol. The number of aliphatic hydroxyl groups is 2. The maximum Gasteiger partial charge on any atom is 0.246 e. The average molecular weight is 286 g/mol. The van der Waals surface area contributed by atoms with Gasteiger partial charge < -0.3 is 20.8 Å². The highest BCUT2D eigenvalue weighted by molar-refractivity contribution is 5.92. The molecule has 0 aromatic carbocycles. The maximum atomic E-state index is 10.8. The average Bonchev–Trinajstić information content (AvgIpc) is 2.35. The van der Waals surface area contributed by atoms with Gasteiger partial charge in [0.05, 0.1) is 12.7 Å². The second-order valence-electron chi connectivity index (χ2n) is 4.68. The largest absolute Gasteiger partial charge is 0.394 e. The van der Waals surface area contributed by atoms with Gasteiger partial charge in [-0.15, -0.1) is 0 Å². The van der Waals surface area contributed by atoms with Gasteiger partial charge in [0, 0.05) is 23.7 Å². The highest BCUT2D eigenvalue weighted by Gasteiger charge is 2.04. The third-order valence-corrected chi connectivity index (χ3v) is 1.98. The lowest BCUT2D eigenvalue weighted by atomic mass is 10.3. The molecule has 0 bridgehead atoms. The van der Waals surface area contributed by atoms with Crippen molar-refractivity contribution in [3.05, 3.63) is 24.3 Å². The van der Waals surface area contributed by atoms with Crippen molar-refractivity contribution in [1.82, 2.24) is 10.6 Å². The number of nitrogens with one attached hydrogen (secondary N) is 2. The molecule has 0 aromatic rings. The Hall–Kier alpha value is -1.66. The Morgan fingerprint density at radius 1 is 1.10 bits per heavy atom. The van der Waals surface area contributed by atoms with E-state index in [0.717, 1.165) is 0 Å². The van der Waals surface area contributed by atoms with Gasteiger partial charge in [-0.05, 0) is 27.7 Å². The van der Waals surface area contributed by atoms with E-state index in [2.05, 4.69) is 23.8 Å². The lowest BCUT2D eigenvalue weighted by Crippen LogP contribution is -2.35. The fourth-order valence-electron chi connectivity index (χ4n) is 0.784. The molecule has 0 spiro atoms. The van der Waals surface area contributed by atoms with Gasteiger partial charge in [-0.2, -0.15) is 0 Å². The van der Waals surface area contributed by atoms with Crippen LogP contribution in [0, 0.1) is 0 Å². The first-order chi connectivity index (χ1) is 9.11. The first-order valence-electron chi connectivity index (χ1n) is 6.30. The molecule has 0 aliphatic heterocycles. The molecular formula is C14H26N2O4. The lowest BCUT2D eigenvalue weighted by molar-refractivity contribution is -0.118. The number of aliphatic hydroxyl groups excluding tert-OH is 2. The first kappa shape index (κ1) is 20.7. The van der Waals surface area contributed by atoms with Crippen LogP contribution in [0.4, 0.5) is 0 Å². The molecule has 4 N–H and O–H groups in total. The van der Waals surface area contributed by atoms with Crippen LogP contribution in [0.2, 0.25) is 0 Å². The topological polar surface area (TPSA) is 98.7 Å². The van der Waals surface area contributed by atoms with Crippen LogP contribution in [0.15, 0.2) is 24.3 Å². The van der Waals surface area contributed by atoms with Crippen molar-refractivity contribution in [2.24, 2.45) is 0 Å². The molecule has 0 aliphatic rings. The summed E-state index contributed by atoms with van der Waals surface area (Å²) in [6.45, 7) is 13.7. The molecular weight excluding hydrogens is 260 g/mol. The van der Waals surface area contributed by atoms with Gasteiger partial charge in [0.15, 0.2) is 0 Å². The summed E-state index contributed by atoms with van der Waals surface area (Å²) >= 11 is 0. The van der Waals surface area contributed by atoms with Crippen molar-refractivity contribution in [1.29, 1.82) is 0 Å². The third-order valence-electron chi connectivity index (χ3n) is 1.98. The summed E-state index contributed by atoms with van der Waals surface area (Å²) in [5.74, 6) is -0.414. The molecule has 0 rings (SSSR count). The van der Waals surface area contributed by atoms with Crippen LogP contribution in [-0.4, -0.2) is 47.3 Å². The van der Waals surface area contributed by atoms with E-state index < -0.39 is 6.10 Å². The van der Waals surface area contributed by atoms with Gasteiger partial charge in [0.2, 0.25) is 11.8 Å². The molecule has 0 saturated heterocycles. The molecule has 0 saturated carbocycles. The van der Waals surface area contributed by atoms with E-state index in [9.17, 15) is 9.59 Å². The van der Waals surface area contributed by atoms with Crippen LogP contribution < -0.4 is 10.6 Å². The predicted octanol–water partition coefficient (Wildman–Crippen LogP) is 0.119. The van der Waals surface area contributed by atoms with Crippen molar-refractivity contribution < 1.29 is 19.8 Å². The van der Waals surface area contributed by atoms with E-state index in [1.807, 2.05) is 0 Å². The zero-order valence-electron chi connectivity index (χ0n) is 12.7. The molecule has 6 heteroatoms. The van der Waals surface area contributed by atoms with Crippen LogP contribution in [0.1, 0.15) is 27.7 Å². The lowest BCUT2D eigenvalue weighted by Gasteiger charge is -2.09. The maximum absolute atomic E-state index is 10.8. The zero-order valence-corrected chi connectivity index (χ0v) is 12.7. The Morgan fingerprint density at radius 2 is 1.55 bits per heavy atom. The molecule has 0 aromatic heterocycles. The van der Waals surface area contributed by atoms with E-state index in [1.54, 1.807) is 27.7 Å². The highest BCUT2D eigenvalue weighted by Crippen LogP contribution is 1.87. The number of amides is 2. The van der Waals surface area contributed by atoms with Crippen LogP contribution in [0.3, 0.4) is 0 Å². The van der Waals surface area contributed by atoms with Gasteiger partial charge in [-0.25, -0.2) is 0 Å². The summed E-state index contributed by atoms with van der Waals surface area (Å²) in [5.41, 5.74) is 0.918. The molecule has 2 atom stereocenters. The minimum atomic E-state index is -0.497. The van der Waals surface area contributed by atoms with Gasteiger partial charge in [-0.3, -0.25) is 9.59 Å². The molecule has 20 heavy (non-hydrogen) atoms. The Labute approximate surface area is 120 Å². The zero-order chi connectivity index (χ0) is 16.3. The van der Waals surface area contributed by atoms with Crippen molar-refractivity contribution in [3.8, 4) is 0 Å². The van der Waals surface area contributed by atoms with Crippen LogP contribution in [-0.2, 0) is 9.59 Å². The molecule has 2 unspecified atom stereocenters. The predicted molar refractivity (Wildman–Crippen MR) is 79.0 cm³/mol. The number of carbonyl (C=O) groups is 2. The summed E-state index contributed by atoms with van der Waals surface area (Å²) in [6, 6.07) is -0.191. The number of carbonyl (C=O) groups excluding carboxylic acids is 2. The standard InChI is InChI=1S/2C7H13NO2/c1-5(2)7(10)8-6(3)4-9;1-5(2)7(10)8-4-6(3)9/h2*6,9H,1,4H2,2-3H3,(H,8,10). The summed E-state index contributed by atoms with van der Waals surface area (Å²) in [5, 5.41) is 22.3. The molecule has 6 nitrogen and oxygen atoms in total. The van der Waals surface area contributed by atoms with E-state index in [4.69, 9.17) is 10.2 Å². The Morgan fingerprint density at radius 3 is 1.85 bits per heavy atom. The minimum absolute atomic E-state index is 0.0426. The minimum Gasteiger partial charge on any atom is -0.394 e. The first-order valence-corrected chi connectivity index (χ1v) is 6.30. The molecule has 0 fully saturated rings. The summed E-state index contributed by atoms with van der Waals surface area (Å²) in [7, 11) is 0. The molecule has 0 heterocycles. The SMILES string of the molecule is C=C(C)C(=O)NC(C)CO.C=C(C)C(=O)NCC(C)O. The van der Waals surface area contributed by atoms with E-state index in [1.165, 1.54) is 0 Å². The van der Waals surface area contributed by atoms with Crippen molar-refractivity contribution in [2.45, 2.75) is 39.8 Å². The second kappa shape index (κ2) is 11.2. The third kappa shape index (κ3) is 12.8. The van der Waals surface area contributed by atoms with E-state index in [0.29, 0.717) is 11.1 Å². The summed E-state index contributed by atoms with van der Waals surface area (Å²) in [6.07, 6.45) is -0.497. The van der Waals surface area contributed by atoms with E-state index >= 15 is 0 Å². The fourth-order valence-corrected chi connectivity index (χ4v) is 0.784. The van der Waals surface area contributed by atoms with Crippen molar-refractivity contribution in [2.75, 3.05) is 13.2 Å². The molecule has 0 radical (unpaired) electrons. The van der Waals surface area contributed by atoms with Crippen LogP contribution >= 0.6 is 0 Å². The van der Waals surface area contributed by atoms with Gasteiger partial charge in [0.25, 0.3) is 0 Å². The van der Waals surface area contributed by atoms with Gasteiger partial charge >= 0.3 is 0 Å². The molecule has 116 valence electrons. The van der Waals surface area contributed by atoms with Crippen LogP contribution in [0.5, 0.6) is 0 Å². The Balaban J connectivity index is 0. The summed E-state index contributed by atoms with van der Waals surface area (Å²) in [4.78, 5) is 21.5. The fraction of sp³-hybridized carbons (Fsp3) is 0.571. The number of rotatable bonds is 6. The van der Waals surface area contributed by atoms with Crippen molar-refractivity contribution >= 4 is 11.8 Å². The van der Waals surface area contributed by atoms with Crippen LogP contribution in [0.25, 0.3) is 0 Å². The molecule has 2 amide bonds. The number of hydrogen-bond acceptors (Lipinski definition) is 4. The normalized spacial score (nSPS) is 12.3. The van der Waals surface area contributed by atoms with E-state index in [-0.39, 0.29) is 31.0 Å². The second-order valence-corrected chi connectivity index (χ2v) is 4.68. The Kier molecular flexibility index (Phi) is 11.6. The van der Waals surface area contributed by atoms with Gasteiger partial charge in [0.1, 0.15) is 0 Å². The molecule has 0 aliphatic carbocycles. The quantitative estimate of drug-likeness (QED) is 0.521. The highest BCUT2D eigenvalue weighted by atomic mass is 16.3. The van der Waals surface area contributed by atoms with Crippen molar-refractivity contribution in [3.63, 3.8) is 0 Å². The Bertz CT molecular complexity index is 351. The summed E-state index contributed by atoms with van der Waals surface area (Å²) < 4.78 is 0.